The van der Waals surface area contributed by atoms with E-state index in [4.69, 9.17) is 23.2 Å². The summed E-state index contributed by atoms with van der Waals surface area (Å²) in [5.41, 5.74) is 1.66. The van der Waals surface area contributed by atoms with Crippen molar-refractivity contribution < 1.29 is 18.0 Å². The Kier molecular flexibility index (Phi) is 11.5. The van der Waals surface area contributed by atoms with Gasteiger partial charge < -0.3 is 10.2 Å². The number of nitrogens with zero attached hydrogens (tertiary/aromatic N) is 3. The number of nitrogens with one attached hydrogen (secondary N) is 1. The Bertz CT molecular complexity index is 1460. The van der Waals surface area contributed by atoms with Gasteiger partial charge in [-0.15, -0.1) is 0 Å². The maximum atomic E-state index is 14.4. The SMILES string of the molecule is CN(C)S(=O)(=O)N(CC(=O)N(Cc1c(Cl)cccc1Cl)[C@H](Cc1ccccc1)C(=O)NC1CCCCC1)c1ccccc1. The van der Waals surface area contributed by atoms with Crippen molar-refractivity contribution in [2.75, 3.05) is 24.9 Å². The summed E-state index contributed by atoms with van der Waals surface area (Å²) in [6.07, 6.45) is 5.15. The monoisotopic (exact) mass is 644 g/mol. The number of anilines is 1. The molecule has 230 valence electrons. The summed E-state index contributed by atoms with van der Waals surface area (Å²) in [5.74, 6) is -0.862. The first-order valence-corrected chi connectivity index (χ1v) is 16.5. The number of halogens is 2. The van der Waals surface area contributed by atoms with Crippen LogP contribution in [0.4, 0.5) is 5.69 Å². The molecule has 0 unspecified atom stereocenters. The summed E-state index contributed by atoms with van der Waals surface area (Å²) < 4.78 is 29.1. The van der Waals surface area contributed by atoms with Crippen molar-refractivity contribution >= 4 is 50.9 Å². The Morgan fingerprint density at radius 2 is 1.44 bits per heavy atom. The van der Waals surface area contributed by atoms with Crippen LogP contribution in [0.25, 0.3) is 0 Å². The molecule has 0 saturated heterocycles. The molecule has 0 radical (unpaired) electrons. The zero-order valence-corrected chi connectivity index (χ0v) is 26.8. The molecular weight excluding hydrogens is 607 g/mol. The fourth-order valence-electron chi connectivity index (χ4n) is 5.26. The van der Waals surface area contributed by atoms with Crippen molar-refractivity contribution in [3.8, 4) is 0 Å². The lowest BCUT2D eigenvalue weighted by molar-refractivity contribution is -0.140. The first-order valence-electron chi connectivity index (χ1n) is 14.4. The van der Waals surface area contributed by atoms with E-state index < -0.39 is 28.7 Å². The molecule has 1 fully saturated rings. The summed E-state index contributed by atoms with van der Waals surface area (Å²) >= 11 is 13.1. The second kappa shape index (κ2) is 15.1. The van der Waals surface area contributed by atoms with Crippen molar-refractivity contribution in [2.45, 2.75) is 57.2 Å². The van der Waals surface area contributed by atoms with Gasteiger partial charge in [-0.05, 0) is 42.7 Å². The van der Waals surface area contributed by atoms with Crippen molar-refractivity contribution in [1.29, 1.82) is 0 Å². The molecule has 0 aliphatic heterocycles. The lowest BCUT2D eigenvalue weighted by Gasteiger charge is -2.35. The van der Waals surface area contributed by atoms with Crippen LogP contribution in [0.5, 0.6) is 0 Å². The minimum Gasteiger partial charge on any atom is -0.352 e. The minimum absolute atomic E-state index is 0.00955. The number of amides is 2. The molecule has 0 bridgehead atoms. The van der Waals surface area contributed by atoms with E-state index in [-0.39, 0.29) is 24.9 Å². The van der Waals surface area contributed by atoms with Gasteiger partial charge in [0, 0.05) is 48.7 Å². The largest absolute Gasteiger partial charge is 0.352 e. The van der Waals surface area contributed by atoms with Gasteiger partial charge in [0.15, 0.2) is 0 Å². The van der Waals surface area contributed by atoms with Crippen LogP contribution in [0.1, 0.15) is 43.2 Å². The van der Waals surface area contributed by atoms with Gasteiger partial charge in [0.25, 0.3) is 0 Å². The average molecular weight is 646 g/mol. The highest BCUT2D eigenvalue weighted by Gasteiger charge is 2.36. The van der Waals surface area contributed by atoms with Crippen LogP contribution in [0.3, 0.4) is 0 Å². The van der Waals surface area contributed by atoms with Crippen LogP contribution in [0.15, 0.2) is 78.9 Å². The molecule has 0 spiro atoms. The van der Waals surface area contributed by atoms with Gasteiger partial charge in [-0.1, -0.05) is 97.1 Å². The predicted octanol–water partition coefficient (Wildman–Crippen LogP) is 5.70. The Balaban J connectivity index is 1.77. The van der Waals surface area contributed by atoms with E-state index in [1.807, 2.05) is 30.3 Å². The van der Waals surface area contributed by atoms with Gasteiger partial charge >= 0.3 is 10.2 Å². The molecular formula is C32H38Cl2N4O4S. The number of para-hydroxylation sites is 1. The number of hydrogen-bond donors (Lipinski definition) is 1. The number of carbonyl (C=O) groups is 2. The van der Waals surface area contributed by atoms with Crippen molar-refractivity contribution in [3.05, 3.63) is 100 Å². The zero-order chi connectivity index (χ0) is 31.0. The molecule has 0 aromatic heterocycles. The lowest BCUT2D eigenvalue weighted by atomic mass is 9.94. The van der Waals surface area contributed by atoms with E-state index in [1.54, 1.807) is 48.5 Å². The maximum Gasteiger partial charge on any atom is 0.304 e. The molecule has 11 heteroatoms. The molecule has 1 saturated carbocycles. The predicted molar refractivity (Wildman–Crippen MR) is 172 cm³/mol. The number of rotatable bonds is 12. The topological polar surface area (TPSA) is 90.0 Å². The van der Waals surface area contributed by atoms with Gasteiger partial charge in [0.05, 0.1) is 5.69 Å². The Hall–Kier alpha value is -3.11. The molecule has 1 aliphatic rings. The third-order valence-electron chi connectivity index (χ3n) is 7.68. The fraction of sp³-hybridized carbons (Fsp3) is 0.375. The quantitative estimate of drug-likeness (QED) is 0.274. The molecule has 1 aliphatic carbocycles. The van der Waals surface area contributed by atoms with Gasteiger partial charge in [0.1, 0.15) is 12.6 Å². The highest BCUT2D eigenvalue weighted by Crippen LogP contribution is 2.28. The molecule has 43 heavy (non-hydrogen) atoms. The first kappa shape index (κ1) is 32.8. The van der Waals surface area contributed by atoms with E-state index in [0.29, 0.717) is 21.3 Å². The zero-order valence-electron chi connectivity index (χ0n) is 24.5. The fourth-order valence-corrected chi connectivity index (χ4v) is 6.84. The van der Waals surface area contributed by atoms with E-state index in [0.717, 1.165) is 46.3 Å². The summed E-state index contributed by atoms with van der Waals surface area (Å²) in [7, 11) is -1.25. The van der Waals surface area contributed by atoms with Crippen molar-refractivity contribution in [3.63, 3.8) is 0 Å². The second-order valence-electron chi connectivity index (χ2n) is 10.9. The number of hydrogen-bond acceptors (Lipinski definition) is 4. The molecule has 1 atom stereocenters. The summed E-state index contributed by atoms with van der Waals surface area (Å²) in [6.45, 7) is -0.619. The van der Waals surface area contributed by atoms with E-state index >= 15 is 0 Å². The van der Waals surface area contributed by atoms with E-state index in [9.17, 15) is 18.0 Å². The first-order chi connectivity index (χ1) is 20.6. The normalized spacial score (nSPS) is 14.7. The van der Waals surface area contributed by atoms with Gasteiger partial charge in [-0.2, -0.15) is 12.7 Å². The molecule has 3 aromatic carbocycles. The summed E-state index contributed by atoms with van der Waals surface area (Å²) in [6, 6.07) is 22.0. The molecule has 0 heterocycles. The number of benzene rings is 3. The highest BCUT2D eigenvalue weighted by atomic mass is 35.5. The summed E-state index contributed by atoms with van der Waals surface area (Å²) in [5, 5.41) is 3.87. The third kappa shape index (κ3) is 8.50. The molecule has 1 N–H and O–H groups in total. The van der Waals surface area contributed by atoms with E-state index in [2.05, 4.69) is 5.32 Å². The van der Waals surface area contributed by atoms with Gasteiger partial charge in [0.2, 0.25) is 11.8 Å². The highest BCUT2D eigenvalue weighted by molar-refractivity contribution is 7.90. The van der Waals surface area contributed by atoms with Crippen LogP contribution in [0.2, 0.25) is 10.0 Å². The standard InChI is InChI=1S/C32H38Cl2N4O4S/c1-36(2)43(41,42)38(26-17-10-5-11-18-26)23-31(39)37(22-27-28(33)19-12-20-29(27)34)30(21-24-13-6-3-7-14-24)32(40)35-25-15-8-4-9-16-25/h3,5-7,10-14,17-20,25,30H,4,8-9,15-16,21-23H2,1-2H3,(H,35,40)/t30-/m1/s1. The Morgan fingerprint density at radius 1 is 0.860 bits per heavy atom. The van der Waals surface area contributed by atoms with E-state index in [1.165, 1.54) is 19.0 Å². The average Bonchev–Trinajstić information content (AvgIpc) is 3.00. The molecule has 4 rings (SSSR count). The molecule has 3 aromatic rings. The summed E-state index contributed by atoms with van der Waals surface area (Å²) in [4.78, 5) is 29.9. The van der Waals surface area contributed by atoms with Crippen molar-refractivity contribution in [1.82, 2.24) is 14.5 Å². The van der Waals surface area contributed by atoms with Crippen LogP contribution < -0.4 is 9.62 Å². The van der Waals surface area contributed by atoms with Gasteiger partial charge in [-0.3, -0.25) is 9.59 Å². The van der Waals surface area contributed by atoms with Gasteiger partial charge in [-0.25, -0.2) is 4.31 Å². The lowest BCUT2D eigenvalue weighted by Crippen LogP contribution is -2.55. The smallest absolute Gasteiger partial charge is 0.304 e. The number of carbonyl (C=O) groups excluding carboxylic acids is 2. The van der Waals surface area contributed by atoms with Crippen LogP contribution in [0, 0.1) is 0 Å². The van der Waals surface area contributed by atoms with Crippen LogP contribution in [-0.4, -0.2) is 62.2 Å². The Labute approximate surface area is 264 Å². The second-order valence-corrected chi connectivity index (χ2v) is 13.8. The molecule has 2 amide bonds. The van der Waals surface area contributed by atoms with Crippen molar-refractivity contribution in [2.24, 2.45) is 0 Å². The molecule has 8 nitrogen and oxygen atoms in total. The van der Waals surface area contributed by atoms with Crippen LogP contribution >= 0.6 is 23.2 Å². The van der Waals surface area contributed by atoms with Crippen LogP contribution in [-0.2, 0) is 32.8 Å². The Morgan fingerprint density at radius 3 is 2.02 bits per heavy atom. The maximum absolute atomic E-state index is 14.4. The third-order valence-corrected chi connectivity index (χ3v) is 10.2. The minimum atomic E-state index is -4.07.